The van der Waals surface area contributed by atoms with E-state index < -0.39 is 5.97 Å². The number of fused-ring (bicyclic) bond motifs is 1. The molecular weight excluding hydrogens is 392 g/mol. The van der Waals surface area contributed by atoms with Gasteiger partial charge in [-0.05, 0) is 48.0 Å². The van der Waals surface area contributed by atoms with E-state index >= 15 is 0 Å². The third kappa shape index (κ3) is 3.86. The number of Topliss-reactive ketones (excluding diaryl/α,β-unsaturated/α-hetero) is 1. The van der Waals surface area contributed by atoms with Gasteiger partial charge in [0.2, 0.25) is 5.78 Å². The van der Waals surface area contributed by atoms with Gasteiger partial charge in [0.15, 0.2) is 5.76 Å². The molecule has 1 aliphatic rings. The number of rotatable bonds is 4. The fourth-order valence-electron chi connectivity index (χ4n) is 2.88. The number of allylic oxidation sites excluding steroid dienone is 1. The molecule has 6 heteroatoms. The van der Waals surface area contributed by atoms with Crippen molar-refractivity contribution in [2.45, 2.75) is 0 Å². The van der Waals surface area contributed by atoms with Crippen molar-refractivity contribution in [2.24, 2.45) is 0 Å². The molecule has 3 aromatic carbocycles. The molecule has 1 aliphatic heterocycles. The number of hydrogen-bond donors (Lipinski definition) is 0. The van der Waals surface area contributed by atoms with Crippen LogP contribution in [0.2, 0.25) is 5.02 Å². The molecular formula is C23H15ClO5. The molecule has 0 aliphatic carbocycles. The van der Waals surface area contributed by atoms with Gasteiger partial charge in [0, 0.05) is 11.1 Å². The molecule has 0 spiro atoms. The minimum absolute atomic E-state index is 0.157. The SMILES string of the molecule is COc1cccc(C(=O)Oc2ccc3c(c2)O/C(=C\c2ccccc2Cl)C3=O)c1. The third-order valence-electron chi connectivity index (χ3n) is 4.35. The van der Waals surface area contributed by atoms with Crippen molar-refractivity contribution in [2.75, 3.05) is 7.11 Å². The Morgan fingerprint density at radius 3 is 2.62 bits per heavy atom. The van der Waals surface area contributed by atoms with Crippen LogP contribution in [0.15, 0.2) is 72.5 Å². The van der Waals surface area contributed by atoms with E-state index in [1.54, 1.807) is 60.7 Å². The van der Waals surface area contributed by atoms with Gasteiger partial charge in [-0.25, -0.2) is 4.79 Å². The summed E-state index contributed by atoms with van der Waals surface area (Å²) in [5.41, 5.74) is 1.42. The summed E-state index contributed by atoms with van der Waals surface area (Å²) in [6, 6.07) is 18.4. The van der Waals surface area contributed by atoms with Crippen LogP contribution in [0.5, 0.6) is 17.2 Å². The van der Waals surface area contributed by atoms with E-state index in [2.05, 4.69) is 0 Å². The molecule has 0 atom stereocenters. The number of halogens is 1. The average Bonchev–Trinajstić information content (AvgIpc) is 3.04. The topological polar surface area (TPSA) is 61.8 Å². The molecule has 0 saturated carbocycles. The first-order valence-electron chi connectivity index (χ1n) is 8.74. The van der Waals surface area contributed by atoms with Crippen LogP contribution in [0.25, 0.3) is 6.08 Å². The molecule has 0 N–H and O–H groups in total. The summed E-state index contributed by atoms with van der Waals surface area (Å²) >= 11 is 6.15. The molecule has 144 valence electrons. The van der Waals surface area contributed by atoms with Gasteiger partial charge in [0.25, 0.3) is 0 Å². The van der Waals surface area contributed by atoms with Crippen molar-refractivity contribution in [3.8, 4) is 17.2 Å². The zero-order valence-electron chi connectivity index (χ0n) is 15.3. The first kappa shape index (κ1) is 18.8. The first-order chi connectivity index (χ1) is 14.0. The molecule has 0 bridgehead atoms. The number of benzene rings is 3. The van der Waals surface area contributed by atoms with Gasteiger partial charge < -0.3 is 14.2 Å². The minimum atomic E-state index is -0.542. The van der Waals surface area contributed by atoms with Crippen molar-refractivity contribution in [3.63, 3.8) is 0 Å². The second-order valence-corrected chi connectivity index (χ2v) is 6.65. The predicted octanol–water partition coefficient (Wildman–Crippen LogP) is 5.18. The highest BCUT2D eigenvalue weighted by atomic mass is 35.5. The Morgan fingerprint density at radius 2 is 1.83 bits per heavy atom. The maximum absolute atomic E-state index is 12.6. The van der Waals surface area contributed by atoms with Gasteiger partial charge in [-0.3, -0.25) is 4.79 Å². The summed E-state index contributed by atoms with van der Waals surface area (Å²) in [4.78, 5) is 25.0. The van der Waals surface area contributed by atoms with E-state index in [-0.39, 0.29) is 17.3 Å². The lowest BCUT2D eigenvalue weighted by Crippen LogP contribution is -2.08. The third-order valence-corrected chi connectivity index (χ3v) is 4.69. The highest BCUT2D eigenvalue weighted by Gasteiger charge is 2.28. The minimum Gasteiger partial charge on any atom is -0.497 e. The number of ether oxygens (including phenoxy) is 3. The average molecular weight is 407 g/mol. The molecule has 0 radical (unpaired) electrons. The maximum atomic E-state index is 12.6. The van der Waals surface area contributed by atoms with E-state index in [1.807, 2.05) is 6.07 Å². The highest BCUT2D eigenvalue weighted by Crippen LogP contribution is 2.35. The zero-order chi connectivity index (χ0) is 20.4. The molecule has 4 rings (SSSR count). The van der Waals surface area contributed by atoms with Crippen LogP contribution in [-0.4, -0.2) is 18.9 Å². The second kappa shape index (κ2) is 7.81. The standard InChI is InChI=1S/C23H15ClO5/c1-27-16-7-4-6-15(11-16)23(26)28-17-9-10-18-20(13-17)29-21(22(18)25)12-14-5-2-3-8-19(14)24/h2-13H,1H3/b21-12-. The summed E-state index contributed by atoms with van der Waals surface area (Å²) in [7, 11) is 1.52. The first-order valence-corrected chi connectivity index (χ1v) is 9.12. The Labute approximate surface area is 172 Å². The summed E-state index contributed by atoms with van der Waals surface area (Å²) in [5.74, 6) is 0.499. The van der Waals surface area contributed by atoms with Gasteiger partial charge in [-0.1, -0.05) is 35.9 Å². The summed E-state index contributed by atoms with van der Waals surface area (Å²) in [6.45, 7) is 0. The molecule has 5 nitrogen and oxygen atoms in total. The summed E-state index contributed by atoms with van der Waals surface area (Å²) < 4.78 is 16.2. The van der Waals surface area contributed by atoms with Crippen LogP contribution in [0, 0.1) is 0 Å². The Hall–Kier alpha value is -3.57. The van der Waals surface area contributed by atoms with Crippen LogP contribution in [0.4, 0.5) is 0 Å². The lowest BCUT2D eigenvalue weighted by molar-refractivity contribution is 0.0734. The number of methoxy groups -OCH3 is 1. The van der Waals surface area contributed by atoms with Crippen LogP contribution in [-0.2, 0) is 0 Å². The van der Waals surface area contributed by atoms with E-state index in [0.29, 0.717) is 33.2 Å². The molecule has 0 saturated heterocycles. The van der Waals surface area contributed by atoms with Crippen molar-refractivity contribution < 1.29 is 23.8 Å². The van der Waals surface area contributed by atoms with Gasteiger partial charge >= 0.3 is 5.97 Å². The van der Waals surface area contributed by atoms with E-state index in [1.165, 1.54) is 13.2 Å². The summed E-state index contributed by atoms with van der Waals surface area (Å²) in [6.07, 6.45) is 1.59. The molecule has 3 aromatic rings. The summed E-state index contributed by atoms with van der Waals surface area (Å²) in [5, 5.41) is 0.514. The largest absolute Gasteiger partial charge is 0.497 e. The molecule has 0 unspecified atom stereocenters. The normalized spacial score (nSPS) is 13.7. The van der Waals surface area contributed by atoms with Crippen LogP contribution < -0.4 is 14.2 Å². The van der Waals surface area contributed by atoms with Gasteiger partial charge in [-0.2, -0.15) is 0 Å². The van der Waals surface area contributed by atoms with Gasteiger partial charge in [-0.15, -0.1) is 0 Å². The fraction of sp³-hybridized carbons (Fsp3) is 0.0435. The lowest BCUT2D eigenvalue weighted by atomic mass is 10.1. The van der Waals surface area contributed by atoms with Gasteiger partial charge in [0.05, 0.1) is 18.2 Å². The Morgan fingerprint density at radius 1 is 1.00 bits per heavy atom. The second-order valence-electron chi connectivity index (χ2n) is 6.24. The van der Waals surface area contributed by atoms with Crippen LogP contribution >= 0.6 is 11.6 Å². The van der Waals surface area contributed by atoms with Crippen molar-refractivity contribution in [1.29, 1.82) is 0 Å². The molecule has 1 heterocycles. The molecule has 0 aromatic heterocycles. The van der Waals surface area contributed by atoms with Crippen molar-refractivity contribution >= 4 is 29.4 Å². The Balaban J connectivity index is 1.56. The monoisotopic (exact) mass is 406 g/mol. The Kier molecular flexibility index (Phi) is 5.06. The number of hydrogen-bond acceptors (Lipinski definition) is 5. The zero-order valence-corrected chi connectivity index (χ0v) is 16.1. The predicted molar refractivity (Wildman–Crippen MR) is 109 cm³/mol. The van der Waals surface area contributed by atoms with E-state index in [4.69, 9.17) is 25.8 Å². The fourth-order valence-corrected chi connectivity index (χ4v) is 3.07. The molecule has 29 heavy (non-hydrogen) atoms. The highest BCUT2D eigenvalue weighted by molar-refractivity contribution is 6.32. The Bertz CT molecular complexity index is 1150. The van der Waals surface area contributed by atoms with Gasteiger partial charge in [0.1, 0.15) is 17.2 Å². The number of carbonyl (C=O) groups is 2. The quantitative estimate of drug-likeness (QED) is 0.339. The van der Waals surface area contributed by atoms with E-state index in [9.17, 15) is 9.59 Å². The maximum Gasteiger partial charge on any atom is 0.343 e. The number of carbonyl (C=O) groups excluding carboxylic acids is 2. The number of ketones is 1. The smallest absolute Gasteiger partial charge is 0.343 e. The van der Waals surface area contributed by atoms with Crippen LogP contribution in [0.1, 0.15) is 26.3 Å². The van der Waals surface area contributed by atoms with E-state index in [0.717, 1.165) is 0 Å². The lowest BCUT2D eigenvalue weighted by Gasteiger charge is -2.07. The molecule has 0 amide bonds. The molecule has 0 fully saturated rings. The van der Waals surface area contributed by atoms with Crippen molar-refractivity contribution in [3.05, 3.63) is 94.2 Å². The van der Waals surface area contributed by atoms with Crippen LogP contribution in [0.3, 0.4) is 0 Å². The van der Waals surface area contributed by atoms with Crippen molar-refractivity contribution in [1.82, 2.24) is 0 Å². The number of esters is 1.